The van der Waals surface area contributed by atoms with Crippen LogP contribution in [0.15, 0.2) is 41.2 Å². The predicted molar refractivity (Wildman–Crippen MR) is 75.0 cm³/mol. The third-order valence-electron chi connectivity index (χ3n) is 2.94. The fraction of sp³-hybridized carbons (Fsp3) is 0.333. The predicted octanol–water partition coefficient (Wildman–Crippen LogP) is 4.33. The standard InChI is InChI=1S/C15H18ClNO/c1-3-7-17-15(12-6-8-18-10-12)13-5-4-11(2)9-14(13)16/h4-6,8-10,15,17H,3,7H2,1-2H3. The van der Waals surface area contributed by atoms with E-state index in [1.807, 2.05) is 19.1 Å². The van der Waals surface area contributed by atoms with Gasteiger partial charge < -0.3 is 9.73 Å². The van der Waals surface area contributed by atoms with Crippen molar-refractivity contribution in [3.8, 4) is 0 Å². The van der Waals surface area contributed by atoms with E-state index in [1.54, 1.807) is 12.5 Å². The first-order chi connectivity index (χ1) is 8.72. The lowest BCUT2D eigenvalue weighted by Gasteiger charge is -2.19. The number of hydrogen-bond donors (Lipinski definition) is 1. The molecule has 2 rings (SSSR count). The van der Waals surface area contributed by atoms with Gasteiger partial charge in [-0.3, -0.25) is 0 Å². The Labute approximate surface area is 113 Å². The second kappa shape index (κ2) is 6.07. The zero-order chi connectivity index (χ0) is 13.0. The number of hydrogen-bond acceptors (Lipinski definition) is 2. The van der Waals surface area contributed by atoms with E-state index >= 15 is 0 Å². The van der Waals surface area contributed by atoms with Crippen molar-refractivity contribution >= 4 is 11.6 Å². The van der Waals surface area contributed by atoms with Crippen LogP contribution in [-0.2, 0) is 0 Å². The molecule has 2 nitrogen and oxygen atoms in total. The maximum atomic E-state index is 6.35. The van der Waals surface area contributed by atoms with Crippen LogP contribution in [0.4, 0.5) is 0 Å². The van der Waals surface area contributed by atoms with Crippen molar-refractivity contribution in [2.24, 2.45) is 0 Å². The summed E-state index contributed by atoms with van der Waals surface area (Å²) in [6.45, 7) is 5.14. The van der Waals surface area contributed by atoms with Crippen molar-refractivity contribution in [1.29, 1.82) is 0 Å². The van der Waals surface area contributed by atoms with Crippen LogP contribution in [0.25, 0.3) is 0 Å². The zero-order valence-corrected chi connectivity index (χ0v) is 11.5. The Morgan fingerprint density at radius 2 is 2.17 bits per heavy atom. The third-order valence-corrected chi connectivity index (χ3v) is 3.27. The summed E-state index contributed by atoms with van der Waals surface area (Å²) >= 11 is 6.35. The highest BCUT2D eigenvalue weighted by atomic mass is 35.5. The molecule has 0 aliphatic heterocycles. The van der Waals surface area contributed by atoms with E-state index in [0.717, 1.165) is 29.1 Å². The van der Waals surface area contributed by atoms with Gasteiger partial charge in [-0.15, -0.1) is 0 Å². The molecule has 1 atom stereocenters. The second-order valence-corrected chi connectivity index (χ2v) is 4.88. The minimum Gasteiger partial charge on any atom is -0.472 e. The number of nitrogens with one attached hydrogen (secondary N) is 1. The highest BCUT2D eigenvalue weighted by Crippen LogP contribution is 2.29. The normalized spacial score (nSPS) is 12.6. The summed E-state index contributed by atoms with van der Waals surface area (Å²) in [5.74, 6) is 0. The molecule has 18 heavy (non-hydrogen) atoms. The van der Waals surface area contributed by atoms with E-state index in [1.165, 1.54) is 5.56 Å². The lowest BCUT2D eigenvalue weighted by atomic mass is 10.00. The van der Waals surface area contributed by atoms with E-state index in [0.29, 0.717) is 0 Å². The van der Waals surface area contributed by atoms with Gasteiger partial charge in [0, 0.05) is 10.6 Å². The van der Waals surface area contributed by atoms with Crippen LogP contribution >= 0.6 is 11.6 Å². The second-order valence-electron chi connectivity index (χ2n) is 4.47. The van der Waals surface area contributed by atoms with Crippen LogP contribution < -0.4 is 5.32 Å². The van der Waals surface area contributed by atoms with Crippen LogP contribution in [0.5, 0.6) is 0 Å². The Morgan fingerprint density at radius 1 is 1.33 bits per heavy atom. The van der Waals surface area contributed by atoms with Crippen LogP contribution in [-0.4, -0.2) is 6.54 Å². The maximum Gasteiger partial charge on any atom is 0.0953 e. The van der Waals surface area contributed by atoms with Crippen molar-refractivity contribution < 1.29 is 4.42 Å². The van der Waals surface area contributed by atoms with Gasteiger partial charge in [0.1, 0.15) is 0 Å². The summed E-state index contributed by atoms with van der Waals surface area (Å²) in [6, 6.07) is 8.23. The first-order valence-electron chi connectivity index (χ1n) is 6.24. The molecule has 0 saturated carbocycles. The molecule has 0 aliphatic carbocycles. The van der Waals surface area contributed by atoms with Crippen LogP contribution in [0.1, 0.15) is 36.1 Å². The number of furan rings is 1. The molecule has 2 aromatic rings. The molecule has 0 fully saturated rings. The number of halogens is 1. The SMILES string of the molecule is CCCNC(c1ccoc1)c1ccc(C)cc1Cl. The minimum absolute atomic E-state index is 0.0943. The third kappa shape index (κ3) is 2.95. The van der Waals surface area contributed by atoms with Crippen LogP contribution in [0, 0.1) is 6.92 Å². The van der Waals surface area contributed by atoms with Crippen LogP contribution in [0.3, 0.4) is 0 Å². The number of rotatable bonds is 5. The van der Waals surface area contributed by atoms with Crippen molar-refractivity contribution in [1.82, 2.24) is 5.32 Å². The summed E-state index contributed by atoms with van der Waals surface area (Å²) in [5.41, 5.74) is 3.37. The molecule has 0 radical (unpaired) electrons. The van der Waals surface area contributed by atoms with Gasteiger partial charge in [0.05, 0.1) is 18.6 Å². The fourth-order valence-electron chi connectivity index (χ4n) is 2.00. The van der Waals surface area contributed by atoms with Gasteiger partial charge in [0.2, 0.25) is 0 Å². The molecule has 1 unspecified atom stereocenters. The molecule has 3 heteroatoms. The summed E-state index contributed by atoms with van der Waals surface area (Å²) in [5, 5.41) is 4.30. The molecular weight excluding hydrogens is 246 g/mol. The molecular formula is C15H18ClNO. The first kappa shape index (κ1) is 13.2. The van der Waals surface area contributed by atoms with Crippen LogP contribution in [0.2, 0.25) is 5.02 Å². The van der Waals surface area contributed by atoms with Crippen molar-refractivity contribution in [3.63, 3.8) is 0 Å². The smallest absolute Gasteiger partial charge is 0.0953 e. The van der Waals surface area contributed by atoms with Crippen molar-refractivity contribution in [2.75, 3.05) is 6.54 Å². The molecule has 1 heterocycles. The van der Waals surface area contributed by atoms with Gasteiger partial charge in [-0.2, -0.15) is 0 Å². The van der Waals surface area contributed by atoms with Gasteiger partial charge in [0.15, 0.2) is 0 Å². The molecule has 1 aromatic carbocycles. The molecule has 1 N–H and O–H groups in total. The topological polar surface area (TPSA) is 25.2 Å². The first-order valence-corrected chi connectivity index (χ1v) is 6.61. The number of aryl methyl sites for hydroxylation is 1. The van der Waals surface area contributed by atoms with Gasteiger partial charge in [-0.25, -0.2) is 0 Å². The Bertz CT molecular complexity index is 493. The Morgan fingerprint density at radius 3 is 2.78 bits per heavy atom. The Balaban J connectivity index is 2.33. The average molecular weight is 264 g/mol. The van der Waals surface area contributed by atoms with E-state index < -0.39 is 0 Å². The summed E-state index contributed by atoms with van der Waals surface area (Å²) in [4.78, 5) is 0. The highest BCUT2D eigenvalue weighted by molar-refractivity contribution is 6.31. The molecule has 96 valence electrons. The molecule has 0 aliphatic rings. The maximum absolute atomic E-state index is 6.35. The van der Waals surface area contributed by atoms with E-state index in [4.69, 9.17) is 16.0 Å². The average Bonchev–Trinajstić information content (AvgIpc) is 2.85. The van der Waals surface area contributed by atoms with Crippen molar-refractivity contribution in [2.45, 2.75) is 26.3 Å². The lowest BCUT2D eigenvalue weighted by molar-refractivity contribution is 0.548. The van der Waals surface area contributed by atoms with Gasteiger partial charge in [-0.05, 0) is 43.1 Å². The van der Waals surface area contributed by atoms with Gasteiger partial charge >= 0.3 is 0 Å². The zero-order valence-electron chi connectivity index (χ0n) is 10.7. The molecule has 0 spiro atoms. The van der Waals surface area contributed by atoms with Gasteiger partial charge in [-0.1, -0.05) is 30.7 Å². The quantitative estimate of drug-likeness (QED) is 0.869. The Hall–Kier alpha value is -1.25. The van der Waals surface area contributed by atoms with E-state index in [2.05, 4.69) is 24.4 Å². The van der Waals surface area contributed by atoms with E-state index in [9.17, 15) is 0 Å². The molecule has 0 bridgehead atoms. The van der Waals surface area contributed by atoms with E-state index in [-0.39, 0.29) is 6.04 Å². The fourth-order valence-corrected chi connectivity index (χ4v) is 2.35. The summed E-state index contributed by atoms with van der Waals surface area (Å²) in [6.07, 6.45) is 4.54. The molecule has 0 saturated heterocycles. The Kier molecular flexibility index (Phi) is 4.45. The van der Waals surface area contributed by atoms with Gasteiger partial charge in [0.25, 0.3) is 0 Å². The summed E-state index contributed by atoms with van der Waals surface area (Å²) < 4.78 is 5.18. The molecule has 0 amide bonds. The largest absolute Gasteiger partial charge is 0.472 e. The summed E-state index contributed by atoms with van der Waals surface area (Å²) in [7, 11) is 0. The monoisotopic (exact) mass is 263 g/mol. The van der Waals surface area contributed by atoms with Crippen molar-refractivity contribution in [3.05, 3.63) is 58.5 Å². The minimum atomic E-state index is 0.0943. The lowest BCUT2D eigenvalue weighted by Crippen LogP contribution is -2.23. The molecule has 1 aromatic heterocycles. The highest BCUT2D eigenvalue weighted by Gasteiger charge is 2.17. The number of benzene rings is 1.